The first-order chi connectivity index (χ1) is 8.60. The van der Waals surface area contributed by atoms with Crippen molar-refractivity contribution in [2.75, 3.05) is 6.61 Å². The van der Waals surface area contributed by atoms with Crippen LogP contribution in [0.2, 0.25) is 0 Å². The molecule has 1 heterocycles. The highest BCUT2D eigenvalue weighted by molar-refractivity contribution is 5.21. The Morgan fingerprint density at radius 2 is 1.89 bits per heavy atom. The number of morpholine rings is 1. The predicted octanol–water partition coefficient (Wildman–Crippen LogP) is 3.43. The molecule has 0 bridgehead atoms. The molecule has 1 aliphatic heterocycles. The molecule has 0 amide bonds. The molecule has 2 rings (SSSR count). The van der Waals surface area contributed by atoms with Gasteiger partial charge in [0, 0.05) is 11.6 Å². The second-order valence-electron chi connectivity index (χ2n) is 5.20. The molecular weight excluding hydrogens is 229 g/mol. The van der Waals surface area contributed by atoms with Gasteiger partial charge in [-0.3, -0.25) is 0 Å². The van der Waals surface area contributed by atoms with Crippen molar-refractivity contribution in [3.05, 3.63) is 35.6 Å². The first-order valence-electron chi connectivity index (χ1n) is 6.75. The third-order valence-electron chi connectivity index (χ3n) is 4.08. The van der Waals surface area contributed by atoms with Crippen LogP contribution in [0.1, 0.15) is 45.3 Å². The molecule has 2 unspecified atom stereocenters. The second-order valence-corrected chi connectivity index (χ2v) is 5.20. The third-order valence-corrected chi connectivity index (χ3v) is 4.08. The van der Waals surface area contributed by atoms with E-state index in [1.54, 1.807) is 0 Å². The predicted molar refractivity (Wildman–Crippen MR) is 71.0 cm³/mol. The van der Waals surface area contributed by atoms with E-state index in [1.807, 2.05) is 12.1 Å². The Morgan fingerprint density at radius 3 is 2.39 bits per heavy atom. The van der Waals surface area contributed by atoms with Crippen molar-refractivity contribution in [2.24, 2.45) is 0 Å². The van der Waals surface area contributed by atoms with Crippen molar-refractivity contribution < 1.29 is 9.13 Å². The Morgan fingerprint density at radius 1 is 1.28 bits per heavy atom. The van der Waals surface area contributed by atoms with Crippen LogP contribution in [0, 0.1) is 5.82 Å². The van der Waals surface area contributed by atoms with Crippen LogP contribution in [0.5, 0.6) is 0 Å². The molecule has 2 atom stereocenters. The number of hydrogen-bond donors (Lipinski definition) is 1. The first-order valence-corrected chi connectivity index (χ1v) is 6.75. The van der Waals surface area contributed by atoms with Crippen LogP contribution in [0.25, 0.3) is 0 Å². The monoisotopic (exact) mass is 251 g/mol. The fourth-order valence-corrected chi connectivity index (χ4v) is 2.69. The second kappa shape index (κ2) is 5.37. The van der Waals surface area contributed by atoms with Crippen molar-refractivity contribution in [1.82, 2.24) is 5.32 Å². The molecule has 0 aliphatic carbocycles. The SMILES string of the molecule is CCC1(CC)COC(c2ccc(F)cc2)C(C)N1. The van der Waals surface area contributed by atoms with Gasteiger partial charge in [0.25, 0.3) is 0 Å². The van der Waals surface area contributed by atoms with Crippen LogP contribution >= 0.6 is 0 Å². The van der Waals surface area contributed by atoms with Gasteiger partial charge < -0.3 is 10.1 Å². The fraction of sp³-hybridized carbons (Fsp3) is 0.600. The summed E-state index contributed by atoms with van der Waals surface area (Å²) in [4.78, 5) is 0. The van der Waals surface area contributed by atoms with Crippen LogP contribution in [0.4, 0.5) is 4.39 Å². The van der Waals surface area contributed by atoms with Crippen molar-refractivity contribution in [1.29, 1.82) is 0 Å². The van der Waals surface area contributed by atoms with Gasteiger partial charge >= 0.3 is 0 Å². The zero-order valence-electron chi connectivity index (χ0n) is 11.4. The Hall–Kier alpha value is -0.930. The molecule has 0 spiro atoms. The Labute approximate surface area is 109 Å². The molecule has 1 aromatic carbocycles. The number of ether oxygens (including phenoxy) is 1. The summed E-state index contributed by atoms with van der Waals surface area (Å²) in [6.07, 6.45) is 2.13. The van der Waals surface area contributed by atoms with Crippen LogP contribution in [0.15, 0.2) is 24.3 Å². The average molecular weight is 251 g/mol. The summed E-state index contributed by atoms with van der Waals surface area (Å²) >= 11 is 0. The van der Waals surface area contributed by atoms with Crippen LogP contribution in [-0.4, -0.2) is 18.2 Å². The molecular formula is C15H22FNO. The zero-order valence-corrected chi connectivity index (χ0v) is 11.4. The minimum Gasteiger partial charge on any atom is -0.370 e. The zero-order chi connectivity index (χ0) is 13.2. The molecule has 1 aliphatic rings. The molecule has 3 heteroatoms. The van der Waals surface area contributed by atoms with Crippen molar-refractivity contribution in [3.63, 3.8) is 0 Å². The lowest BCUT2D eigenvalue weighted by molar-refractivity contribution is -0.0632. The van der Waals surface area contributed by atoms with Gasteiger partial charge in [0.05, 0.1) is 12.7 Å². The molecule has 1 N–H and O–H groups in total. The molecule has 0 radical (unpaired) electrons. The topological polar surface area (TPSA) is 21.3 Å². The van der Waals surface area contributed by atoms with E-state index in [-0.39, 0.29) is 23.5 Å². The maximum absolute atomic E-state index is 12.9. The molecule has 2 nitrogen and oxygen atoms in total. The molecule has 1 fully saturated rings. The van der Waals surface area contributed by atoms with Crippen molar-refractivity contribution in [2.45, 2.75) is 51.3 Å². The molecule has 1 saturated heterocycles. The van der Waals surface area contributed by atoms with E-state index >= 15 is 0 Å². The van der Waals surface area contributed by atoms with E-state index in [4.69, 9.17) is 4.74 Å². The van der Waals surface area contributed by atoms with E-state index < -0.39 is 0 Å². The maximum Gasteiger partial charge on any atom is 0.123 e. The summed E-state index contributed by atoms with van der Waals surface area (Å²) in [5, 5.41) is 3.67. The van der Waals surface area contributed by atoms with E-state index in [9.17, 15) is 4.39 Å². The van der Waals surface area contributed by atoms with E-state index in [2.05, 4.69) is 26.1 Å². The average Bonchev–Trinajstić information content (AvgIpc) is 2.40. The summed E-state index contributed by atoms with van der Waals surface area (Å²) in [6, 6.07) is 6.84. The van der Waals surface area contributed by atoms with Gasteiger partial charge in [-0.25, -0.2) is 4.39 Å². The van der Waals surface area contributed by atoms with Gasteiger partial charge in [-0.05, 0) is 37.5 Å². The van der Waals surface area contributed by atoms with E-state index in [0.29, 0.717) is 6.61 Å². The minimum absolute atomic E-state index is 0.0109. The van der Waals surface area contributed by atoms with Crippen molar-refractivity contribution in [3.8, 4) is 0 Å². The molecule has 1 aromatic rings. The molecule has 18 heavy (non-hydrogen) atoms. The standard InChI is InChI=1S/C15H22FNO/c1-4-15(5-2)10-18-14(11(3)17-15)12-6-8-13(16)9-7-12/h6-9,11,14,17H,4-5,10H2,1-3H3. The van der Waals surface area contributed by atoms with Gasteiger partial charge in [-0.15, -0.1) is 0 Å². The Balaban J connectivity index is 2.12. The number of benzene rings is 1. The smallest absolute Gasteiger partial charge is 0.123 e. The number of halogens is 1. The summed E-state index contributed by atoms with van der Waals surface area (Å²) in [7, 11) is 0. The summed E-state index contributed by atoms with van der Waals surface area (Å²) in [5.74, 6) is -0.202. The van der Waals surface area contributed by atoms with Crippen LogP contribution < -0.4 is 5.32 Å². The van der Waals surface area contributed by atoms with Crippen LogP contribution in [0.3, 0.4) is 0 Å². The van der Waals surface area contributed by atoms with Crippen LogP contribution in [-0.2, 0) is 4.74 Å². The van der Waals surface area contributed by atoms with Gasteiger partial charge in [0.2, 0.25) is 0 Å². The quantitative estimate of drug-likeness (QED) is 0.888. The van der Waals surface area contributed by atoms with E-state index in [1.165, 1.54) is 12.1 Å². The van der Waals surface area contributed by atoms with Gasteiger partial charge in [-0.1, -0.05) is 26.0 Å². The maximum atomic E-state index is 12.9. The minimum atomic E-state index is -0.202. The lowest BCUT2D eigenvalue weighted by Crippen LogP contribution is -2.58. The molecule has 0 aromatic heterocycles. The summed E-state index contributed by atoms with van der Waals surface area (Å²) < 4.78 is 19.0. The van der Waals surface area contributed by atoms with E-state index in [0.717, 1.165) is 18.4 Å². The third kappa shape index (κ3) is 2.57. The van der Waals surface area contributed by atoms with Gasteiger partial charge in [0.1, 0.15) is 5.82 Å². The normalized spacial score (nSPS) is 27.1. The highest BCUT2D eigenvalue weighted by Gasteiger charge is 2.37. The van der Waals surface area contributed by atoms with Gasteiger partial charge in [-0.2, -0.15) is 0 Å². The highest BCUT2D eigenvalue weighted by Crippen LogP contribution is 2.31. The largest absolute Gasteiger partial charge is 0.370 e. The molecule has 100 valence electrons. The summed E-state index contributed by atoms with van der Waals surface area (Å²) in [5.41, 5.74) is 1.13. The Kier molecular flexibility index (Phi) is 4.03. The van der Waals surface area contributed by atoms with Crippen molar-refractivity contribution >= 4 is 0 Å². The number of rotatable bonds is 3. The Bertz CT molecular complexity index is 386. The van der Waals surface area contributed by atoms with Gasteiger partial charge in [0.15, 0.2) is 0 Å². The molecule has 0 saturated carbocycles. The highest BCUT2D eigenvalue weighted by atomic mass is 19.1. The lowest BCUT2D eigenvalue weighted by Gasteiger charge is -2.44. The number of hydrogen-bond acceptors (Lipinski definition) is 2. The number of nitrogens with one attached hydrogen (secondary N) is 1. The lowest BCUT2D eigenvalue weighted by atomic mass is 9.88. The summed E-state index contributed by atoms with van der Waals surface area (Å²) in [6.45, 7) is 7.22. The fourth-order valence-electron chi connectivity index (χ4n) is 2.69. The first kappa shape index (κ1) is 13.5.